The molecule has 10 heteroatoms. The van der Waals surface area contributed by atoms with E-state index in [-0.39, 0.29) is 17.3 Å². The SMILES string of the molecule is O=C(CSc1nc2ccccc2o1)OCc1cccc(S(=O)(=O)N2CCOCC2)c1. The second-order valence-electron chi connectivity index (χ2n) is 6.56. The number of para-hydroxylation sites is 2. The molecule has 1 aliphatic heterocycles. The van der Waals surface area contributed by atoms with Crippen LogP contribution in [0.25, 0.3) is 11.1 Å². The number of fused-ring (bicyclic) bond motifs is 1. The van der Waals surface area contributed by atoms with Crippen molar-refractivity contribution in [3.63, 3.8) is 0 Å². The van der Waals surface area contributed by atoms with Crippen LogP contribution >= 0.6 is 11.8 Å². The number of thioether (sulfide) groups is 1. The Labute approximate surface area is 178 Å². The minimum Gasteiger partial charge on any atom is -0.460 e. The highest BCUT2D eigenvalue weighted by Crippen LogP contribution is 2.23. The van der Waals surface area contributed by atoms with Gasteiger partial charge in [-0.15, -0.1) is 0 Å². The summed E-state index contributed by atoms with van der Waals surface area (Å²) in [5.41, 5.74) is 1.99. The fourth-order valence-corrected chi connectivity index (χ4v) is 5.09. The number of oxazole rings is 1. The number of carbonyl (C=O) groups is 1. The van der Waals surface area contributed by atoms with Gasteiger partial charge in [-0.25, -0.2) is 13.4 Å². The lowest BCUT2D eigenvalue weighted by Crippen LogP contribution is -2.40. The van der Waals surface area contributed by atoms with E-state index in [1.165, 1.54) is 10.4 Å². The molecule has 0 N–H and O–H groups in total. The molecular formula is C20H20N2O6S2. The van der Waals surface area contributed by atoms with Gasteiger partial charge in [-0.2, -0.15) is 4.31 Å². The molecule has 0 aliphatic carbocycles. The molecule has 1 aromatic heterocycles. The lowest BCUT2D eigenvalue weighted by molar-refractivity contribution is -0.141. The van der Waals surface area contributed by atoms with Crippen LogP contribution in [0.15, 0.2) is 63.1 Å². The summed E-state index contributed by atoms with van der Waals surface area (Å²) < 4.78 is 43.0. The molecule has 0 atom stereocenters. The van der Waals surface area contributed by atoms with Gasteiger partial charge in [-0.05, 0) is 29.8 Å². The molecule has 158 valence electrons. The van der Waals surface area contributed by atoms with Crippen molar-refractivity contribution in [2.24, 2.45) is 0 Å². The second-order valence-corrected chi connectivity index (χ2v) is 9.43. The molecule has 1 fully saturated rings. The van der Waals surface area contributed by atoms with Crippen LogP contribution in [-0.4, -0.2) is 55.7 Å². The number of ether oxygens (including phenoxy) is 2. The van der Waals surface area contributed by atoms with E-state index in [9.17, 15) is 13.2 Å². The van der Waals surface area contributed by atoms with E-state index in [0.717, 1.165) is 17.3 Å². The van der Waals surface area contributed by atoms with Crippen LogP contribution in [0.4, 0.5) is 0 Å². The number of sulfonamides is 1. The molecule has 1 aliphatic rings. The van der Waals surface area contributed by atoms with E-state index >= 15 is 0 Å². The third-order valence-corrected chi connectivity index (χ3v) is 7.19. The summed E-state index contributed by atoms with van der Waals surface area (Å²) in [6.45, 7) is 1.41. The Bertz CT molecular complexity index is 1110. The van der Waals surface area contributed by atoms with Crippen molar-refractivity contribution in [1.82, 2.24) is 9.29 Å². The van der Waals surface area contributed by atoms with Crippen molar-refractivity contribution >= 4 is 38.9 Å². The molecule has 1 saturated heterocycles. The van der Waals surface area contributed by atoms with Gasteiger partial charge in [0.1, 0.15) is 17.9 Å². The lowest BCUT2D eigenvalue weighted by Gasteiger charge is -2.26. The molecule has 8 nitrogen and oxygen atoms in total. The van der Waals surface area contributed by atoms with E-state index in [2.05, 4.69) is 4.98 Å². The zero-order valence-electron chi connectivity index (χ0n) is 16.0. The van der Waals surface area contributed by atoms with Gasteiger partial charge in [0.25, 0.3) is 5.22 Å². The summed E-state index contributed by atoms with van der Waals surface area (Å²) in [4.78, 5) is 16.6. The fourth-order valence-electron chi connectivity index (χ4n) is 2.97. The van der Waals surface area contributed by atoms with Gasteiger partial charge in [-0.3, -0.25) is 4.79 Å². The molecular weight excluding hydrogens is 428 g/mol. The Morgan fingerprint density at radius 3 is 2.73 bits per heavy atom. The van der Waals surface area contributed by atoms with Crippen molar-refractivity contribution in [3.8, 4) is 0 Å². The third kappa shape index (κ3) is 4.84. The molecule has 3 aromatic rings. The molecule has 2 aromatic carbocycles. The van der Waals surface area contributed by atoms with Crippen molar-refractivity contribution < 1.29 is 27.1 Å². The number of carbonyl (C=O) groups excluding carboxylic acids is 1. The highest BCUT2D eigenvalue weighted by molar-refractivity contribution is 7.99. The fraction of sp³-hybridized carbons (Fsp3) is 0.300. The van der Waals surface area contributed by atoms with Gasteiger partial charge in [0, 0.05) is 13.1 Å². The number of hydrogen-bond donors (Lipinski definition) is 0. The first-order valence-electron chi connectivity index (χ1n) is 9.33. The van der Waals surface area contributed by atoms with Crippen LogP contribution in [0.1, 0.15) is 5.56 Å². The largest absolute Gasteiger partial charge is 0.460 e. The van der Waals surface area contributed by atoms with E-state index in [1.54, 1.807) is 18.2 Å². The first-order valence-corrected chi connectivity index (χ1v) is 11.8. The maximum atomic E-state index is 12.8. The van der Waals surface area contributed by atoms with Crippen LogP contribution in [-0.2, 0) is 30.9 Å². The average molecular weight is 449 g/mol. The highest BCUT2D eigenvalue weighted by Gasteiger charge is 2.26. The molecule has 0 radical (unpaired) electrons. The van der Waals surface area contributed by atoms with E-state index in [0.29, 0.717) is 42.7 Å². The quantitative estimate of drug-likeness (QED) is 0.402. The van der Waals surface area contributed by atoms with Crippen molar-refractivity contribution in [1.29, 1.82) is 0 Å². The Morgan fingerprint density at radius 2 is 1.93 bits per heavy atom. The lowest BCUT2D eigenvalue weighted by atomic mass is 10.2. The Morgan fingerprint density at radius 1 is 1.13 bits per heavy atom. The summed E-state index contributed by atoms with van der Waals surface area (Å²) in [6.07, 6.45) is 0. The van der Waals surface area contributed by atoms with Crippen molar-refractivity contribution in [2.75, 3.05) is 32.1 Å². The van der Waals surface area contributed by atoms with E-state index in [4.69, 9.17) is 13.9 Å². The third-order valence-electron chi connectivity index (χ3n) is 4.49. The minimum absolute atomic E-state index is 0.0145. The van der Waals surface area contributed by atoms with Crippen LogP contribution in [0.5, 0.6) is 0 Å². The predicted octanol–water partition coefficient (Wildman–Crippen LogP) is 2.68. The average Bonchev–Trinajstić information content (AvgIpc) is 3.20. The van der Waals surface area contributed by atoms with Gasteiger partial charge in [0.05, 0.1) is 18.1 Å². The van der Waals surface area contributed by atoms with Crippen molar-refractivity contribution in [2.45, 2.75) is 16.7 Å². The summed E-state index contributed by atoms with van der Waals surface area (Å²) in [7, 11) is -3.59. The van der Waals surface area contributed by atoms with Crippen LogP contribution < -0.4 is 0 Å². The molecule has 2 heterocycles. The topological polar surface area (TPSA) is 98.9 Å². The number of hydrogen-bond acceptors (Lipinski definition) is 8. The van der Waals surface area contributed by atoms with E-state index < -0.39 is 16.0 Å². The normalized spacial score (nSPS) is 15.3. The number of rotatable bonds is 7. The molecule has 0 bridgehead atoms. The molecule has 4 rings (SSSR count). The molecule has 0 saturated carbocycles. The zero-order valence-corrected chi connectivity index (χ0v) is 17.7. The van der Waals surface area contributed by atoms with Crippen LogP contribution in [0.2, 0.25) is 0 Å². The monoisotopic (exact) mass is 448 g/mol. The van der Waals surface area contributed by atoms with Crippen LogP contribution in [0, 0.1) is 0 Å². The summed E-state index contributed by atoms with van der Waals surface area (Å²) in [6, 6.07) is 13.8. The summed E-state index contributed by atoms with van der Waals surface area (Å²) in [5, 5.41) is 0.395. The smallest absolute Gasteiger partial charge is 0.316 e. The number of benzene rings is 2. The number of morpholine rings is 1. The molecule has 0 unspecified atom stereocenters. The Hall–Kier alpha value is -2.40. The Balaban J connectivity index is 1.33. The maximum Gasteiger partial charge on any atom is 0.316 e. The zero-order chi connectivity index (χ0) is 21.0. The Kier molecular flexibility index (Phi) is 6.38. The van der Waals surface area contributed by atoms with Gasteiger partial charge in [0.15, 0.2) is 5.58 Å². The van der Waals surface area contributed by atoms with Crippen molar-refractivity contribution in [3.05, 3.63) is 54.1 Å². The molecule has 30 heavy (non-hydrogen) atoms. The summed E-state index contributed by atoms with van der Waals surface area (Å²) in [5.74, 6) is -0.401. The first-order chi connectivity index (χ1) is 14.5. The molecule has 0 amide bonds. The number of esters is 1. The first kappa shape index (κ1) is 20.9. The van der Waals surface area contributed by atoms with E-state index in [1.807, 2.05) is 24.3 Å². The maximum absolute atomic E-state index is 12.8. The second kappa shape index (κ2) is 9.17. The summed E-state index contributed by atoms with van der Waals surface area (Å²) >= 11 is 1.15. The number of nitrogens with zero attached hydrogens (tertiary/aromatic N) is 2. The van der Waals surface area contributed by atoms with Gasteiger partial charge < -0.3 is 13.9 Å². The number of aromatic nitrogens is 1. The standard InChI is InChI=1S/C20H20N2O6S2/c23-19(14-29-20-21-17-6-1-2-7-18(17)28-20)27-13-15-4-3-5-16(12-15)30(24,25)22-8-10-26-11-9-22/h1-7,12H,8-11,13-14H2. The highest BCUT2D eigenvalue weighted by atomic mass is 32.2. The minimum atomic E-state index is -3.59. The van der Waals surface area contributed by atoms with Gasteiger partial charge >= 0.3 is 5.97 Å². The van der Waals surface area contributed by atoms with Gasteiger partial charge in [0.2, 0.25) is 10.0 Å². The van der Waals surface area contributed by atoms with Crippen LogP contribution in [0.3, 0.4) is 0 Å². The molecule has 0 spiro atoms. The van der Waals surface area contributed by atoms with Gasteiger partial charge in [-0.1, -0.05) is 36.0 Å². The predicted molar refractivity (Wildman–Crippen MR) is 111 cm³/mol.